The van der Waals surface area contributed by atoms with Gasteiger partial charge in [0.25, 0.3) is 0 Å². The van der Waals surface area contributed by atoms with Crippen LogP contribution in [0, 0.1) is 0 Å². The van der Waals surface area contributed by atoms with E-state index in [9.17, 15) is 5.11 Å². The Labute approximate surface area is 105 Å². The second-order valence-electron chi connectivity index (χ2n) is 3.68. The van der Waals surface area contributed by atoms with Crippen LogP contribution in [0.4, 0.5) is 5.69 Å². The van der Waals surface area contributed by atoms with Gasteiger partial charge < -0.3 is 15.2 Å². The standard InChI is InChI=1S/C13H15NO2S/c1-16-12-4-2-10(3-5-12)13(15)8-14-11-6-7-17-9-11/h2-7,9,13-15H,8H2,1H3. The molecule has 1 atom stereocenters. The molecule has 0 aliphatic carbocycles. The van der Waals surface area contributed by atoms with Crippen LogP contribution in [-0.2, 0) is 0 Å². The summed E-state index contributed by atoms with van der Waals surface area (Å²) in [5, 5.41) is 17.2. The Hall–Kier alpha value is -1.52. The van der Waals surface area contributed by atoms with E-state index in [4.69, 9.17) is 4.74 Å². The Bertz CT molecular complexity index is 439. The van der Waals surface area contributed by atoms with Crippen LogP contribution in [0.15, 0.2) is 41.1 Å². The fourth-order valence-electron chi connectivity index (χ4n) is 1.52. The molecule has 1 heterocycles. The Morgan fingerprint density at radius 1 is 1.29 bits per heavy atom. The molecule has 3 nitrogen and oxygen atoms in total. The van der Waals surface area contributed by atoms with E-state index in [0.717, 1.165) is 17.0 Å². The van der Waals surface area contributed by atoms with Crippen LogP contribution in [0.25, 0.3) is 0 Å². The number of benzene rings is 1. The molecule has 90 valence electrons. The van der Waals surface area contributed by atoms with Gasteiger partial charge in [-0.3, -0.25) is 0 Å². The van der Waals surface area contributed by atoms with Gasteiger partial charge in [-0.05, 0) is 29.1 Å². The molecule has 2 N–H and O–H groups in total. The lowest BCUT2D eigenvalue weighted by molar-refractivity contribution is 0.191. The highest BCUT2D eigenvalue weighted by atomic mass is 32.1. The summed E-state index contributed by atoms with van der Waals surface area (Å²) in [7, 11) is 1.63. The first-order valence-electron chi connectivity index (χ1n) is 5.37. The van der Waals surface area contributed by atoms with Crippen molar-refractivity contribution < 1.29 is 9.84 Å². The van der Waals surface area contributed by atoms with Gasteiger partial charge >= 0.3 is 0 Å². The van der Waals surface area contributed by atoms with E-state index < -0.39 is 6.10 Å². The molecule has 0 fully saturated rings. The van der Waals surface area contributed by atoms with E-state index in [1.54, 1.807) is 18.4 Å². The Kier molecular flexibility index (Phi) is 4.01. The molecule has 2 aromatic rings. The molecule has 0 spiro atoms. The lowest BCUT2D eigenvalue weighted by Crippen LogP contribution is -2.11. The third kappa shape index (κ3) is 3.22. The molecular formula is C13H15NO2S. The van der Waals surface area contributed by atoms with Crippen molar-refractivity contribution in [3.8, 4) is 5.75 Å². The van der Waals surface area contributed by atoms with Gasteiger partial charge in [0.2, 0.25) is 0 Å². The predicted octanol–water partition coefficient (Wildman–Crippen LogP) is 2.90. The molecule has 2 rings (SSSR count). The number of methoxy groups -OCH3 is 1. The summed E-state index contributed by atoms with van der Waals surface area (Å²) in [5.41, 5.74) is 1.93. The molecule has 0 aliphatic rings. The molecule has 1 aromatic carbocycles. The Balaban J connectivity index is 1.92. The summed E-state index contributed by atoms with van der Waals surface area (Å²) in [6.07, 6.45) is -0.513. The van der Waals surface area contributed by atoms with Gasteiger partial charge in [-0.1, -0.05) is 12.1 Å². The van der Waals surface area contributed by atoms with Crippen molar-refractivity contribution >= 4 is 17.0 Å². The van der Waals surface area contributed by atoms with Crippen LogP contribution in [0.2, 0.25) is 0 Å². The maximum atomic E-state index is 9.98. The molecule has 0 amide bonds. The lowest BCUT2D eigenvalue weighted by Gasteiger charge is -2.12. The molecular weight excluding hydrogens is 234 g/mol. The lowest BCUT2D eigenvalue weighted by atomic mass is 10.1. The van der Waals surface area contributed by atoms with Gasteiger partial charge in [0.15, 0.2) is 0 Å². The number of nitrogens with one attached hydrogen (secondary N) is 1. The van der Waals surface area contributed by atoms with Crippen LogP contribution < -0.4 is 10.1 Å². The van der Waals surface area contributed by atoms with Gasteiger partial charge in [0.05, 0.1) is 13.2 Å². The van der Waals surface area contributed by atoms with Crippen molar-refractivity contribution in [1.29, 1.82) is 0 Å². The van der Waals surface area contributed by atoms with Gasteiger partial charge in [-0.25, -0.2) is 0 Å². The van der Waals surface area contributed by atoms with Crippen molar-refractivity contribution in [2.45, 2.75) is 6.10 Å². The van der Waals surface area contributed by atoms with E-state index in [-0.39, 0.29) is 0 Å². The number of hydrogen-bond acceptors (Lipinski definition) is 4. The highest BCUT2D eigenvalue weighted by molar-refractivity contribution is 7.08. The van der Waals surface area contributed by atoms with Gasteiger partial charge in [0, 0.05) is 17.6 Å². The van der Waals surface area contributed by atoms with Crippen molar-refractivity contribution in [1.82, 2.24) is 0 Å². The monoisotopic (exact) mass is 249 g/mol. The smallest absolute Gasteiger partial charge is 0.118 e. The molecule has 1 unspecified atom stereocenters. The summed E-state index contributed by atoms with van der Waals surface area (Å²) in [5.74, 6) is 0.798. The number of rotatable bonds is 5. The zero-order chi connectivity index (χ0) is 12.1. The number of thiophene rings is 1. The average molecular weight is 249 g/mol. The predicted molar refractivity (Wildman–Crippen MR) is 70.8 cm³/mol. The van der Waals surface area contributed by atoms with Crippen LogP contribution in [0.3, 0.4) is 0 Å². The van der Waals surface area contributed by atoms with Crippen molar-refractivity contribution in [2.75, 3.05) is 19.0 Å². The van der Waals surface area contributed by atoms with E-state index >= 15 is 0 Å². The molecule has 1 aromatic heterocycles. The second kappa shape index (κ2) is 5.70. The maximum Gasteiger partial charge on any atom is 0.118 e. The van der Waals surface area contributed by atoms with Crippen molar-refractivity contribution in [3.05, 3.63) is 46.7 Å². The first-order chi connectivity index (χ1) is 8.29. The summed E-state index contributed by atoms with van der Waals surface area (Å²) < 4.78 is 5.07. The zero-order valence-electron chi connectivity index (χ0n) is 9.59. The molecule has 4 heteroatoms. The maximum absolute atomic E-state index is 9.98. The number of hydrogen-bond donors (Lipinski definition) is 2. The topological polar surface area (TPSA) is 41.5 Å². The summed E-state index contributed by atoms with van der Waals surface area (Å²) in [6, 6.07) is 9.44. The van der Waals surface area contributed by atoms with Gasteiger partial charge in [0.1, 0.15) is 5.75 Å². The minimum atomic E-state index is -0.513. The first kappa shape index (κ1) is 12.0. The van der Waals surface area contributed by atoms with Crippen molar-refractivity contribution in [2.24, 2.45) is 0 Å². The highest BCUT2D eigenvalue weighted by Gasteiger charge is 2.07. The quantitative estimate of drug-likeness (QED) is 0.856. The molecule has 0 radical (unpaired) electrons. The van der Waals surface area contributed by atoms with E-state index in [1.807, 2.05) is 41.1 Å². The Morgan fingerprint density at radius 3 is 2.65 bits per heavy atom. The van der Waals surface area contributed by atoms with Gasteiger partial charge in [-0.15, -0.1) is 0 Å². The highest BCUT2D eigenvalue weighted by Crippen LogP contribution is 2.19. The minimum Gasteiger partial charge on any atom is -0.497 e. The fourth-order valence-corrected chi connectivity index (χ4v) is 2.14. The number of ether oxygens (including phenoxy) is 1. The molecule has 0 saturated carbocycles. The normalized spacial score (nSPS) is 12.1. The number of anilines is 1. The van der Waals surface area contributed by atoms with E-state index in [2.05, 4.69) is 5.32 Å². The third-order valence-electron chi connectivity index (χ3n) is 2.52. The van der Waals surface area contributed by atoms with E-state index in [0.29, 0.717) is 6.54 Å². The Morgan fingerprint density at radius 2 is 2.06 bits per heavy atom. The molecule has 0 aliphatic heterocycles. The largest absolute Gasteiger partial charge is 0.497 e. The summed E-state index contributed by atoms with van der Waals surface area (Å²) in [4.78, 5) is 0. The first-order valence-corrected chi connectivity index (χ1v) is 6.32. The molecule has 0 bridgehead atoms. The van der Waals surface area contributed by atoms with Crippen LogP contribution in [0.1, 0.15) is 11.7 Å². The third-order valence-corrected chi connectivity index (χ3v) is 3.20. The molecule has 0 saturated heterocycles. The number of aliphatic hydroxyl groups is 1. The van der Waals surface area contributed by atoms with Crippen LogP contribution in [-0.4, -0.2) is 18.8 Å². The van der Waals surface area contributed by atoms with Crippen LogP contribution >= 0.6 is 11.3 Å². The fraction of sp³-hybridized carbons (Fsp3) is 0.231. The zero-order valence-corrected chi connectivity index (χ0v) is 10.4. The summed E-state index contributed by atoms with van der Waals surface area (Å²) in [6.45, 7) is 0.503. The molecule has 17 heavy (non-hydrogen) atoms. The number of aliphatic hydroxyl groups excluding tert-OH is 1. The SMILES string of the molecule is COc1ccc(C(O)CNc2ccsc2)cc1. The second-order valence-corrected chi connectivity index (χ2v) is 4.46. The minimum absolute atomic E-state index is 0.503. The van der Waals surface area contributed by atoms with E-state index in [1.165, 1.54) is 0 Å². The van der Waals surface area contributed by atoms with Crippen molar-refractivity contribution in [3.63, 3.8) is 0 Å². The van der Waals surface area contributed by atoms with Crippen LogP contribution in [0.5, 0.6) is 5.75 Å². The average Bonchev–Trinajstić information content (AvgIpc) is 2.89. The van der Waals surface area contributed by atoms with Gasteiger partial charge in [-0.2, -0.15) is 11.3 Å². The summed E-state index contributed by atoms with van der Waals surface area (Å²) >= 11 is 1.63.